The zero-order chi connectivity index (χ0) is 22.5. The molecule has 0 spiro atoms. The Hall–Kier alpha value is -2.44. The Bertz CT molecular complexity index is 890. The summed E-state index contributed by atoms with van der Waals surface area (Å²) in [6.07, 6.45) is 0. The zero-order valence-corrected chi connectivity index (χ0v) is 19.7. The van der Waals surface area contributed by atoms with Crippen LogP contribution in [0, 0.1) is 6.92 Å². The largest absolute Gasteiger partial charge is 0.508 e. The highest BCUT2D eigenvalue weighted by Gasteiger charge is 2.22. The molecule has 3 rings (SSSR count). The summed E-state index contributed by atoms with van der Waals surface area (Å²) in [5.41, 5.74) is 4.58. The van der Waals surface area contributed by atoms with E-state index in [0.29, 0.717) is 23.2 Å². The fraction of sp³-hybridized carbons (Fsp3) is 0.520. The molecule has 2 aromatic carbocycles. The molecule has 2 aromatic rings. The van der Waals surface area contributed by atoms with Crippen molar-refractivity contribution in [2.75, 3.05) is 47.5 Å². The molecule has 1 N–H and O–H groups in total. The van der Waals surface area contributed by atoms with Crippen LogP contribution in [0.1, 0.15) is 42.0 Å². The van der Waals surface area contributed by atoms with Gasteiger partial charge in [-0.3, -0.25) is 9.80 Å². The van der Waals surface area contributed by atoms with Gasteiger partial charge in [0.2, 0.25) is 5.75 Å². The van der Waals surface area contributed by atoms with Gasteiger partial charge in [-0.1, -0.05) is 26.0 Å². The number of nitrogens with zero attached hydrogens (tertiary/aromatic N) is 2. The molecular formula is C25H36N2O4. The Balaban J connectivity index is 1.64. The highest BCUT2D eigenvalue weighted by molar-refractivity contribution is 5.55. The van der Waals surface area contributed by atoms with Gasteiger partial charge in [0.05, 0.1) is 21.3 Å². The Morgan fingerprint density at radius 1 is 0.839 bits per heavy atom. The maximum atomic E-state index is 10.5. The lowest BCUT2D eigenvalue weighted by Gasteiger charge is -2.35. The van der Waals surface area contributed by atoms with Crippen LogP contribution in [0.3, 0.4) is 0 Å². The smallest absolute Gasteiger partial charge is 0.203 e. The Morgan fingerprint density at radius 3 is 1.94 bits per heavy atom. The second-order valence-corrected chi connectivity index (χ2v) is 8.54. The number of aromatic hydroxyl groups is 1. The predicted molar refractivity (Wildman–Crippen MR) is 124 cm³/mol. The summed E-state index contributed by atoms with van der Waals surface area (Å²) in [4.78, 5) is 4.84. The van der Waals surface area contributed by atoms with Gasteiger partial charge in [0, 0.05) is 50.4 Å². The first-order chi connectivity index (χ1) is 14.9. The van der Waals surface area contributed by atoms with Crippen LogP contribution in [0.25, 0.3) is 0 Å². The molecule has 0 aliphatic carbocycles. The van der Waals surface area contributed by atoms with Gasteiger partial charge in [-0.05, 0) is 36.1 Å². The third-order valence-electron chi connectivity index (χ3n) is 6.13. The monoisotopic (exact) mass is 428 g/mol. The molecular weight excluding hydrogens is 392 g/mol. The number of piperazine rings is 1. The van der Waals surface area contributed by atoms with Crippen molar-refractivity contribution < 1.29 is 19.3 Å². The van der Waals surface area contributed by atoms with Crippen molar-refractivity contribution in [3.05, 3.63) is 46.5 Å². The lowest BCUT2D eigenvalue weighted by molar-refractivity contribution is 0.120. The quantitative estimate of drug-likeness (QED) is 0.681. The van der Waals surface area contributed by atoms with Crippen LogP contribution in [-0.2, 0) is 13.1 Å². The first kappa shape index (κ1) is 23.2. The van der Waals surface area contributed by atoms with Crippen molar-refractivity contribution >= 4 is 0 Å². The van der Waals surface area contributed by atoms with Crippen LogP contribution in [0.4, 0.5) is 0 Å². The summed E-state index contributed by atoms with van der Waals surface area (Å²) in [5.74, 6) is 2.89. The van der Waals surface area contributed by atoms with Crippen molar-refractivity contribution in [3.8, 4) is 23.0 Å². The van der Waals surface area contributed by atoms with Crippen LogP contribution < -0.4 is 14.2 Å². The Morgan fingerprint density at radius 2 is 1.42 bits per heavy atom. The van der Waals surface area contributed by atoms with E-state index >= 15 is 0 Å². The highest BCUT2D eigenvalue weighted by atomic mass is 16.5. The van der Waals surface area contributed by atoms with E-state index in [0.717, 1.165) is 61.7 Å². The molecule has 1 aliphatic rings. The van der Waals surface area contributed by atoms with Crippen LogP contribution >= 0.6 is 0 Å². The van der Waals surface area contributed by atoms with Crippen LogP contribution in [0.2, 0.25) is 0 Å². The third-order valence-corrected chi connectivity index (χ3v) is 6.13. The highest BCUT2D eigenvalue weighted by Crippen LogP contribution is 2.40. The van der Waals surface area contributed by atoms with E-state index in [9.17, 15) is 5.11 Å². The number of aryl methyl sites for hydroxylation is 1. The van der Waals surface area contributed by atoms with Crippen LogP contribution in [0.5, 0.6) is 23.0 Å². The fourth-order valence-electron chi connectivity index (χ4n) is 4.38. The number of ether oxygens (including phenoxy) is 3. The third kappa shape index (κ3) is 5.25. The molecule has 1 fully saturated rings. The summed E-state index contributed by atoms with van der Waals surface area (Å²) in [6.45, 7) is 11.9. The SMILES string of the molecule is COc1ccc(CN2CCN(Cc3cc(C(C)C)c(C)cc3O)CC2)c(OC)c1OC. The summed E-state index contributed by atoms with van der Waals surface area (Å²) < 4.78 is 16.5. The molecule has 0 unspecified atom stereocenters. The topological polar surface area (TPSA) is 54.4 Å². The van der Waals surface area contributed by atoms with Gasteiger partial charge < -0.3 is 19.3 Å². The predicted octanol–water partition coefficient (Wildman–Crippen LogP) is 4.17. The van der Waals surface area contributed by atoms with Crippen LogP contribution in [0.15, 0.2) is 24.3 Å². The van der Waals surface area contributed by atoms with E-state index in [1.54, 1.807) is 21.3 Å². The lowest BCUT2D eigenvalue weighted by atomic mass is 9.95. The molecule has 1 saturated heterocycles. The number of methoxy groups -OCH3 is 3. The summed E-state index contributed by atoms with van der Waals surface area (Å²) in [5, 5.41) is 10.5. The lowest BCUT2D eigenvalue weighted by Crippen LogP contribution is -2.45. The van der Waals surface area contributed by atoms with E-state index in [4.69, 9.17) is 14.2 Å². The number of phenolic OH excluding ortho intramolecular Hbond substituents is 1. The van der Waals surface area contributed by atoms with Gasteiger partial charge in [-0.15, -0.1) is 0 Å². The second kappa shape index (κ2) is 10.2. The van der Waals surface area contributed by atoms with Gasteiger partial charge in [-0.2, -0.15) is 0 Å². The van der Waals surface area contributed by atoms with E-state index in [2.05, 4.69) is 36.6 Å². The molecule has 0 atom stereocenters. The maximum Gasteiger partial charge on any atom is 0.203 e. The Labute approximate surface area is 186 Å². The first-order valence-electron chi connectivity index (χ1n) is 10.9. The average Bonchev–Trinajstić information content (AvgIpc) is 2.76. The zero-order valence-electron chi connectivity index (χ0n) is 19.7. The van der Waals surface area contributed by atoms with E-state index < -0.39 is 0 Å². The molecule has 6 heteroatoms. The van der Waals surface area contributed by atoms with E-state index in [1.165, 1.54) is 5.56 Å². The van der Waals surface area contributed by atoms with E-state index in [-0.39, 0.29) is 0 Å². The minimum Gasteiger partial charge on any atom is -0.508 e. The van der Waals surface area contributed by atoms with Crippen molar-refractivity contribution in [3.63, 3.8) is 0 Å². The summed E-state index contributed by atoms with van der Waals surface area (Å²) >= 11 is 0. The maximum absolute atomic E-state index is 10.5. The number of rotatable bonds is 8. The summed E-state index contributed by atoms with van der Waals surface area (Å²) in [6, 6.07) is 8.06. The molecule has 0 radical (unpaired) electrons. The number of benzene rings is 2. The molecule has 0 bridgehead atoms. The van der Waals surface area contributed by atoms with Gasteiger partial charge in [-0.25, -0.2) is 0 Å². The minimum atomic E-state index is 0.402. The average molecular weight is 429 g/mol. The number of hydrogen-bond acceptors (Lipinski definition) is 6. The molecule has 31 heavy (non-hydrogen) atoms. The molecule has 0 aromatic heterocycles. The van der Waals surface area contributed by atoms with Crippen molar-refractivity contribution in [2.45, 2.75) is 39.8 Å². The van der Waals surface area contributed by atoms with Crippen LogP contribution in [-0.4, -0.2) is 62.4 Å². The van der Waals surface area contributed by atoms with Crippen molar-refractivity contribution in [1.82, 2.24) is 9.80 Å². The number of phenols is 1. The molecule has 1 aliphatic heterocycles. The van der Waals surface area contributed by atoms with Crippen molar-refractivity contribution in [1.29, 1.82) is 0 Å². The molecule has 0 saturated carbocycles. The molecule has 0 amide bonds. The van der Waals surface area contributed by atoms with Gasteiger partial charge >= 0.3 is 0 Å². The summed E-state index contributed by atoms with van der Waals surface area (Å²) in [7, 11) is 4.93. The molecule has 6 nitrogen and oxygen atoms in total. The normalized spacial score (nSPS) is 15.3. The first-order valence-corrected chi connectivity index (χ1v) is 10.9. The second-order valence-electron chi connectivity index (χ2n) is 8.54. The Kier molecular flexibility index (Phi) is 7.68. The van der Waals surface area contributed by atoms with Gasteiger partial charge in [0.15, 0.2) is 11.5 Å². The van der Waals surface area contributed by atoms with Gasteiger partial charge in [0.1, 0.15) is 5.75 Å². The van der Waals surface area contributed by atoms with Crippen molar-refractivity contribution in [2.24, 2.45) is 0 Å². The van der Waals surface area contributed by atoms with E-state index in [1.807, 2.05) is 18.2 Å². The molecule has 1 heterocycles. The fourth-order valence-corrected chi connectivity index (χ4v) is 4.38. The number of hydrogen-bond donors (Lipinski definition) is 1. The van der Waals surface area contributed by atoms with Gasteiger partial charge in [0.25, 0.3) is 0 Å². The molecule has 170 valence electrons. The standard InChI is InChI=1S/C25H36N2O4/c1-17(2)21-14-20(22(28)13-18(21)3)16-27-11-9-26(10-12-27)15-19-7-8-23(29-4)25(31-6)24(19)30-5/h7-8,13-14,17,28H,9-12,15-16H2,1-6H3. The minimum absolute atomic E-state index is 0.402.